The molecule has 0 saturated carbocycles. The molecule has 2 aromatic heterocycles. The Labute approximate surface area is 276 Å². The molecule has 11 nitrogen and oxygen atoms in total. The van der Waals surface area contributed by atoms with E-state index < -0.39 is 25.4 Å². The van der Waals surface area contributed by atoms with Crippen molar-refractivity contribution >= 4 is 42.6 Å². The number of piperidine rings is 1. The first-order valence-electron chi connectivity index (χ1n) is 15.7. The lowest BCUT2D eigenvalue weighted by Crippen LogP contribution is -2.53. The number of aromatic nitrogens is 2. The topological polar surface area (TPSA) is 136 Å². The summed E-state index contributed by atoms with van der Waals surface area (Å²) >= 11 is 0. The first-order chi connectivity index (χ1) is 22.1. The maximum atomic E-state index is 13.4. The van der Waals surface area contributed by atoms with Crippen molar-refractivity contribution in [1.82, 2.24) is 24.5 Å². The summed E-state index contributed by atoms with van der Waals surface area (Å²) in [7, 11) is -3.49. The van der Waals surface area contributed by atoms with Gasteiger partial charge in [-0.1, -0.05) is 36.4 Å². The quantitative estimate of drug-likeness (QED) is 0.281. The second kappa shape index (κ2) is 12.0. The zero-order chi connectivity index (χ0) is 33.9. The second-order valence-electron chi connectivity index (χ2n) is 13.6. The van der Waals surface area contributed by atoms with Crippen molar-refractivity contribution in [3.63, 3.8) is 0 Å². The maximum absolute atomic E-state index is 13.4. The number of fused-ring (bicyclic) bond motifs is 3. The average Bonchev–Trinajstić information content (AvgIpc) is 3.42. The average molecular weight is 679 g/mol. The van der Waals surface area contributed by atoms with E-state index in [0.717, 1.165) is 64.2 Å². The van der Waals surface area contributed by atoms with Gasteiger partial charge in [0.15, 0.2) is 0 Å². The van der Waals surface area contributed by atoms with Gasteiger partial charge in [-0.2, -0.15) is 0 Å². The van der Waals surface area contributed by atoms with Crippen LogP contribution < -0.4 is 9.62 Å². The smallest absolute Gasteiger partial charge is 0.325 e. The van der Waals surface area contributed by atoms with E-state index in [0.29, 0.717) is 25.0 Å². The number of carbonyl (C=O) groups excluding carboxylic acids is 1. The van der Waals surface area contributed by atoms with Crippen molar-refractivity contribution in [3.8, 4) is 22.4 Å². The van der Waals surface area contributed by atoms with Crippen LogP contribution in [0.2, 0.25) is 0 Å². The van der Waals surface area contributed by atoms with Gasteiger partial charge in [-0.25, -0.2) is 31.3 Å². The Bertz CT molecular complexity index is 2040. The number of H-pyrrole nitrogens is 1. The van der Waals surface area contributed by atoms with Crippen molar-refractivity contribution in [1.29, 1.82) is 0 Å². The summed E-state index contributed by atoms with van der Waals surface area (Å²) in [5.41, 5.74) is 6.55. The summed E-state index contributed by atoms with van der Waals surface area (Å²) in [6.07, 6.45) is 4.36. The summed E-state index contributed by atoms with van der Waals surface area (Å²) in [4.78, 5) is 27.6. The number of aromatic amines is 1. The van der Waals surface area contributed by atoms with Crippen molar-refractivity contribution in [2.75, 3.05) is 38.3 Å². The summed E-state index contributed by atoms with van der Waals surface area (Å²) < 4.78 is 51.4. The highest BCUT2D eigenvalue weighted by Crippen LogP contribution is 2.44. The van der Waals surface area contributed by atoms with E-state index in [1.54, 1.807) is 30.3 Å². The fourth-order valence-corrected chi connectivity index (χ4v) is 8.44. The molecule has 6 rings (SSSR count). The largest absolute Gasteiger partial charge is 0.339 e. The fourth-order valence-electron chi connectivity index (χ4n) is 6.65. The number of sulfone groups is 1. The van der Waals surface area contributed by atoms with E-state index in [9.17, 15) is 21.6 Å². The molecule has 250 valence electrons. The minimum absolute atomic E-state index is 0.0961. The van der Waals surface area contributed by atoms with E-state index >= 15 is 0 Å². The van der Waals surface area contributed by atoms with Crippen LogP contribution in [0, 0.1) is 0 Å². The second-order valence-corrected chi connectivity index (χ2v) is 17.8. The number of amides is 2. The monoisotopic (exact) mass is 678 g/mol. The SMILES string of the molecule is CNS(=O)(=O)c1ccc(-c2c(-c3ccc(CN4CCC(S(C)(=O)=O)CC4)cc3)[nH]c3ncc4c(c23)CN(C(C)(C)C)C(=O)N4C)cc1. The number of sulfonamides is 1. The number of anilines is 1. The zero-order valence-corrected chi connectivity index (χ0v) is 29.3. The Morgan fingerprint density at radius 2 is 1.57 bits per heavy atom. The van der Waals surface area contributed by atoms with Gasteiger partial charge >= 0.3 is 6.03 Å². The lowest BCUT2D eigenvalue weighted by Gasteiger charge is -2.42. The summed E-state index contributed by atoms with van der Waals surface area (Å²) in [5, 5.41) is 0.620. The molecule has 4 heterocycles. The predicted octanol–water partition coefficient (Wildman–Crippen LogP) is 4.98. The van der Waals surface area contributed by atoms with Crippen molar-refractivity contribution < 1.29 is 21.6 Å². The standard InChI is InChI=1S/C34H42N6O5S2/c1-34(2,3)40-21-27-28(38(5)33(40)41)19-36-32-30(27)29(23-11-13-26(14-12-23)47(44,45)35-4)31(37-32)24-9-7-22(8-10-24)20-39-17-15-25(16-18-39)46(6,42)43/h7-14,19,25,35H,15-18,20-21H2,1-6H3,(H,36,37). The Kier molecular flexibility index (Phi) is 8.48. The third kappa shape index (κ3) is 6.29. The van der Waals surface area contributed by atoms with E-state index in [4.69, 9.17) is 4.98 Å². The molecule has 1 fully saturated rings. The predicted molar refractivity (Wildman–Crippen MR) is 185 cm³/mol. The van der Waals surface area contributed by atoms with Gasteiger partial charge in [0, 0.05) is 41.9 Å². The first-order valence-corrected chi connectivity index (χ1v) is 19.2. The van der Waals surface area contributed by atoms with Crippen LogP contribution in [-0.2, 0) is 33.0 Å². The molecule has 47 heavy (non-hydrogen) atoms. The fraction of sp³-hybridized carbons (Fsp3) is 0.412. The summed E-state index contributed by atoms with van der Waals surface area (Å²) in [6.45, 7) is 8.66. The Balaban J connectivity index is 1.43. The van der Waals surface area contributed by atoms with Crippen LogP contribution in [0.5, 0.6) is 0 Å². The number of urea groups is 1. The molecule has 2 aliphatic rings. The molecule has 4 aromatic rings. The highest BCUT2D eigenvalue weighted by atomic mass is 32.2. The van der Waals surface area contributed by atoms with Crippen molar-refractivity contribution in [2.45, 2.75) is 62.4 Å². The summed E-state index contributed by atoms with van der Waals surface area (Å²) in [5.74, 6) is 0. The molecule has 2 N–H and O–H groups in total. The normalized spacial score (nSPS) is 17.0. The van der Waals surface area contributed by atoms with Gasteiger partial charge in [0.25, 0.3) is 0 Å². The number of rotatable bonds is 7. The number of hydrogen-bond donors (Lipinski definition) is 2. The van der Waals surface area contributed by atoms with Crippen LogP contribution in [0.25, 0.3) is 33.4 Å². The molecule has 0 radical (unpaired) electrons. The molecule has 0 spiro atoms. The molecule has 0 unspecified atom stereocenters. The number of likely N-dealkylation sites (tertiary alicyclic amines) is 1. The molecule has 13 heteroatoms. The minimum atomic E-state index is -3.62. The first kappa shape index (κ1) is 33.1. The number of carbonyl (C=O) groups is 1. The van der Waals surface area contributed by atoms with Gasteiger partial charge in [-0.3, -0.25) is 9.80 Å². The zero-order valence-electron chi connectivity index (χ0n) is 27.7. The van der Waals surface area contributed by atoms with Gasteiger partial charge in [0.1, 0.15) is 15.5 Å². The van der Waals surface area contributed by atoms with Crippen molar-refractivity contribution in [2.24, 2.45) is 0 Å². The number of benzene rings is 2. The number of hydrogen-bond acceptors (Lipinski definition) is 7. The van der Waals surface area contributed by atoms with Crippen LogP contribution in [0.1, 0.15) is 44.7 Å². The molecule has 2 aromatic carbocycles. The van der Waals surface area contributed by atoms with Gasteiger partial charge < -0.3 is 9.88 Å². The third-order valence-corrected chi connectivity index (χ3v) is 12.5. The molecular formula is C34H42N6O5S2. The number of pyridine rings is 1. The van der Waals surface area contributed by atoms with Gasteiger partial charge in [0.2, 0.25) is 10.0 Å². The van der Waals surface area contributed by atoms with E-state index in [1.165, 1.54) is 13.3 Å². The Morgan fingerprint density at radius 3 is 2.15 bits per heavy atom. The maximum Gasteiger partial charge on any atom is 0.325 e. The molecular weight excluding hydrogens is 637 g/mol. The number of nitrogens with one attached hydrogen (secondary N) is 2. The van der Waals surface area contributed by atoms with Crippen LogP contribution in [0.15, 0.2) is 59.6 Å². The lowest BCUT2D eigenvalue weighted by atomic mass is 9.94. The van der Waals surface area contributed by atoms with Crippen molar-refractivity contribution in [3.05, 3.63) is 65.9 Å². The highest BCUT2D eigenvalue weighted by Gasteiger charge is 2.37. The number of nitrogens with zero attached hydrogens (tertiary/aromatic N) is 4. The molecule has 0 bridgehead atoms. The Hall–Kier alpha value is -3.78. The highest BCUT2D eigenvalue weighted by molar-refractivity contribution is 7.91. The minimum Gasteiger partial charge on any atom is -0.339 e. The molecule has 2 amide bonds. The van der Waals surface area contributed by atoms with E-state index in [-0.39, 0.29) is 16.2 Å². The van der Waals surface area contributed by atoms with E-state index in [1.807, 2.05) is 37.8 Å². The molecule has 0 atom stereocenters. The summed E-state index contributed by atoms with van der Waals surface area (Å²) in [6, 6.07) is 15.0. The van der Waals surface area contributed by atoms with E-state index in [2.05, 4.69) is 38.9 Å². The van der Waals surface area contributed by atoms with Crippen LogP contribution in [0.4, 0.5) is 10.5 Å². The van der Waals surface area contributed by atoms with Crippen LogP contribution in [-0.4, -0.2) is 86.9 Å². The van der Waals surface area contributed by atoms with Crippen LogP contribution in [0.3, 0.4) is 0 Å². The third-order valence-electron chi connectivity index (χ3n) is 9.42. The van der Waals surface area contributed by atoms with Gasteiger partial charge in [-0.15, -0.1) is 0 Å². The Morgan fingerprint density at radius 1 is 0.957 bits per heavy atom. The van der Waals surface area contributed by atoms with Gasteiger partial charge in [0.05, 0.1) is 34.3 Å². The lowest BCUT2D eigenvalue weighted by molar-refractivity contribution is 0.143. The molecule has 2 aliphatic heterocycles. The molecule has 1 saturated heterocycles. The van der Waals surface area contributed by atoms with Crippen LogP contribution >= 0.6 is 0 Å². The van der Waals surface area contributed by atoms with Gasteiger partial charge in [-0.05, 0) is 82.6 Å². The molecule has 0 aliphatic carbocycles.